The van der Waals surface area contributed by atoms with Gasteiger partial charge in [-0.3, -0.25) is 9.59 Å². The van der Waals surface area contributed by atoms with Crippen molar-refractivity contribution in [3.05, 3.63) is 66.0 Å². The van der Waals surface area contributed by atoms with Crippen LogP contribution >= 0.6 is 0 Å². The highest BCUT2D eigenvalue weighted by Crippen LogP contribution is 2.29. The van der Waals surface area contributed by atoms with Gasteiger partial charge in [0.1, 0.15) is 0 Å². The first-order valence-corrected chi connectivity index (χ1v) is 13.0. The summed E-state index contributed by atoms with van der Waals surface area (Å²) in [5.41, 5.74) is 5.60. The third-order valence-corrected chi connectivity index (χ3v) is 7.12. The number of fused-ring (bicyclic) bond motifs is 2. The minimum absolute atomic E-state index is 0.114. The Morgan fingerprint density at radius 1 is 0.947 bits per heavy atom. The van der Waals surface area contributed by atoms with Crippen molar-refractivity contribution in [2.45, 2.75) is 39.3 Å². The van der Waals surface area contributed by atoms with Gasteiger partial charge in [-0.1, -0.05) is 24.3 Å². The molecular weight excluding hydrogens is 480 g/mol. The second-order valence-electron chi connectivity index (χ2n) is 9.79. The molecule has 2 aliphatic heterocycles. The molecule has 2 aromatic carbocycles. The quantitative estimate of drug-likeness (QED) is 0.390. The molecule has 10 heteroatoms. The Labute approximate surface area is 220 Å². The predicted molar refractivity (Wildman–Crippen MR) is 146 cm³/mol. The molecule has 38 heavy (non-hydrogen) atoms. The van der Waals surface area contributed by atoms with Gasteiger partial charge in [0.25, 0.3) is 0 Å². The Bertz CT molecular complexity index is 1500. The fourth-order valence-electron chi connectivity index (χ4n) is 5.14. The molecule has 10 nitrogen and oxygen atoms in total. The van der Waals surface area contributed by atoms with E-state index in [9.17, 15) is 9.59 Å². The van der Waals surface area contributed by atoms with Crippen LogP contribution in [0.5, 0.6) is 0 Å². The Kier molecular flexibility index (Phi) is 6.36. The average Bonchev–Trinajstić information content (AvgIpc) is 3.53. The van der Waals surface area contributed by atoms with E-state index in [4.69, 9.17) is 9.97 Å². The van der Waals surface area contributed by atoms with Crippen LogP contribution in [-0.2, 0) is 29.1 Å². The number of anilines is 4. The van der Waals surface area contributed by atoms with Crippen molar-refractivity contribution in [3.8, 4) is 0 Å². The van der Waals surface area contributed by atoms with Gasteiger partial charge in [-0.2, -0.15) is 9.97 Å². The lowest BCUT2D eigenvalue weighted by molar-refractivity contribution is -0.127. The maximum Gasteiger partial charge on any atom is 0.229 e. The molecule has 0 bridgehead atoms. The van der Waals surface area contributed by atoms with Crippen molar-refractivity contribution in [2.75, 3.05) is 35.2 Å². The van der Waals surface area contributed by atoms with E-state index in [0.717, 1.165) is 49.5 Å². The lowest BCUT2D eigenvalue weighted by Gasteiger charge is -2.29. The smallest absolute Gasteiger partial charge is 0.229 e. The van der Waals surface area contributed by atoms with Crippen molar-refractivity contribution in [1.29, 1.82) is 0 Å². The van der Waals surface area contributed by atoms with Crippen molar-refractivity contribution >= 4 is 46.1 Å². The number of nitrogens with zero attached hydrogens (tertiary/aromatic N) is 6. The molecule has 1 saturated heterocycles. The van der Waals surface area contributed by atoms with Crippen LogP contribution in [0.4, 0.5) is 23.1 Å². The molecule has 0 saturated carbocycles. The molecule has 6 rings (SSSR count). The molecule has 2 N–H and O–H groups in total. The van der Waals surface area contributed by atoms with Crippen LogP contribution < -0.4 is 15.5 Å². The van der Waals surface area contributed by atoms with E-state index in [2.05, 4.69) is 44.8 Å². The van der Waals surface area contributed by atoms with Gasteiger partial charge in [0, 0.05) is 57.4 Å². The van der Waals surface area contributed by atoms with Crippen molar-refractivity contribution in [2.24, 2.45) is 0 Å². The second kappa shape index (κ2) is 10.1. The summed E-state index contributed by atoms with van der Waals surface area (Å²) in [5.74, 6) is 1.36. The molecule has 0 atom stereocenters. The number of imidazole rings is 1. The Morgan fingerprint density at radius 2 is 1.74 bits per heavy atom. The molecule has 1 fully saturated rings. The zero-order chi connectivity index (χ0) is 26.1. The summed E-state index contributed by atoms with van der Waals surface area (Å²) < 4.78 is 2.01. The van der Waals surface area contributed by atoms with Gasteiger partial charge in [-0.15, -0.1) is 0 Å². The number of nitrogens with one attached hydrogen (secondary N) is 2. The average molecular weight is 511 g/mol. The number of rotatable bonds is 7. The number of benzene rings is 2. The summed E-state index contributed by atoms with van der Waals surface area (Å²) >= 11 is 0. The van der Waals surface area contributed by atoms with Crippen molar-refractivity contribution in [3.63, 3.8) is 0 Å². The molecule has 0 spiro atoms. The molecule has 4 heterocycles. The first-order valence-electron chi connectivity index (χ1n) is 13.0. The van der Waals surface area contributed by atoms with E-state index in [-0.39, 0.29) is 11.8 Å². The number of hydrogen-bond acceptors (Lipinski definition) is 7. The van der Waals surface area contributed by atoms with Gasteiger partial charge < -0.3 is 25.0 Å². The summed E-state index contributed by atoms with van der Waals surface area (Å²) in [6, 6.07) is 16.0. The minimum Gasteiger partial charge on any atom is -0.341 e. The molecule has 2 aromatic heterocycles. The number of hydrogen-bond donors (Lipinski definition) is 2. The maximum atomic E-state index is 12.1. The van der Waals surface area contributed by atoms with Crippen LogP contribution in [0, 0.1) is 0 Å². The van der Waals surface area contributed by atoms with Gasteiger partial charge in [0.05, 0.1) is 6.33 Å². The van der Waals surface area contributed by atoms with Crippen LogP contribution in [0.3, 0.4) is 0 Å². The van der Waals surface area contributed by atoms with Gasteiger partial charge in [0.15, 0.2) is 17.0 Å². The van der Waals surface area contributed by atoms with E-state index in [1.807, 2.05) is 33.7 Å². The fraction of sp³-hybridized carbons (Fsp3) is 0.321. The first-order chi connectivity index (χ1) is 18.5. The number of carbonyl (C=O) groups excluding carboxylic acids is 2. The highest BCUT2D eigenvalue weighted by atomic mass is 16.2. The second-order valence-corrected chi connectivity index (χ2v) is 9.79. The molecule has 0 unspecified atom stereocenters. The van der Waals surface area contributed by atoms with Crippen molar-refractivity contribution in [1.82, 2.24) is 24.4 Å². The zero-order valence-corrected chi connectivity index (χ0v) is 21.4. The van der Waals surface area contributed by atoms with E-state index < -0.39 is 0 Å². The minimum atomic E-state index is -0.114. The van der Waals surface area contributed by atoms with Crippen molar-refractivity contribution < 1.29 is 9.59 Å². The third kappa shape index (κ3) is 4.89. The van der Waals surface area contributed by atoms with E-state index >= 15 is 0 Å². The normalized spacial score (nSPS) is 15.1. The summed E-state index contributed by atoms with van der Waals surface area (Å²) in [4.78, 5) is 42.2. The number of carbonyl (C=O) groups is 2. The standard InChI is InChI=1S/C28H30N8O2/c1-19(37)30-22-8-10-23(11-9-22)31-26-25-27(36(18-29-25)16-15-34-13-4-7-24(34)38)33-28(32-26)35-14-12-20-5-2-3-6-21(20)17-35/h2-3,5-6,8-11,18H,4,7,12-17H2,1H3,(H,30,37)(H,31,32,33). The molecular formula is C28H30N8O2. The Morgan fingerprint density at radius 3 is 2.50 bits per heavy atom. The maximum absolute atomic E-state index is 12.1. The van der Waals surface area contributed by atoms with Gasteiger partial charge in [-0.05, 0) is 48.2 Å². The predicted octanol–water partition coefficient (Wildman–Crippen LogP) is 3.71. The number of amides is 2. The lowest BCUT2D eigenvalue weighted by Crippen LogP contribution is -2.32. The summed E-state index contributed by atoms with van der Waals surface area (Å²) in [6.07, 6.45) is 4.25. The molecule has 194 valence electrons. The van der Waals surface area contributed by atoms with Crippen LogP contribution in [0.15, 0.2) is 54.9 Å². The molecule has 2 amide bonds. The van der Waals surface area contributed by atoms with Crippen LogP contribution in [0.25, 0.3) is 11.2 Å². The monoisotopic (exact) mass is 510 g/mol. The van der Waals surface area contributed by atoms with E-state index in [1.165, 1.54) is 18.1 Å². The van der Waals surface area contributed by atoms with E-state index in [1.54, 1.807) is 6.33 Å². The molecule has 2 aliphatic rings. The largest absolute Gasteiger partial charge is 0.341 e. The summed E-state index contributed by atoms with van der Waals surface area (Å²) in [5, 5.41) is 6.20. The third-order valence-electron chi connectivity index (χ3n) is 7.12. The Hall–Kier alpha value is -4.47. The van der Waals surface area contributed by atoms with Crippen LogP contribution in [0.1, 0.15) is 30.9 Å². The molecule has 0 radical (unpaired) electrons. The van der Waals surface area contributed by atoms with Gasteiger partial charge in [0.2, 0.25) is 17.8 Å². The number of likely N-dealkylation sites (tertiary alicyclic amines) is 1. The van der Waals surface area contributed by atoms with E-state index in [0.29, 0.717) is 36.8 Å². The highest BCUT2D eigenvalue weighted by molar-refractivity contribution is 5.89. The summed E-state index contributed by atoms with van der Waals surface area (Å²) in [7, 11) is 0. The molecule has 4 aromatic rings. The van der Waals surface area contributed by atoms with Crippen LogP contribution in [-0.4, -0.2) is 55.9 Å². The number of aromatic nitrogens is 4. The first kappa shape index (κ1) is 23.9. The Balaban J connectivity index is 1.33. The fourth-order valence-corrected chi connectivity index (χ4v) is 5.14. The topological polar surface area (TPSA) is 108 Å². The SMILES string of the molecule is CC(=O)Nc1ccc(Nc2nc(N3CCc4ccccc4C3)nc3c2ncn3CCN2CCCC2=O)cc1. The highest BCUT2D eigenvalue weighted by Gasteiger charge is 2.23. The lowest BCUT2D eigenvalue weighted by atomic mass is 10.0. The van der Waals surface area contributed by atoms with Crippen LogP contribution in [0.2, 0.25) is 0 Å². The molecule has 0 aliphatic carbocycles. The zero-order valence-electron chi connectivity index (χ0n) is 21.4. The summed E-state index contributed by atoms with van der Waals surface area (Å²) in [6.45, 7) is 5.10. The van der Waals surface area contributed by atoms with Gasteiger partial charge in [-0.25, -0.2) is 4.98 Å². The van der Waals surface area contributed by atoms with Gasteiger partial charge >= 0.3 is 0 Å².